The maximum absolute atomic E-state index is 14.0. The summed E-state index contributed by atoms with van der Waals surface area (Å²) in [4.78, 5) is 67.4. The predicted molar refractivity (Wildman–Crippen MR) is 148 cm³/mol. The first-order chi connectivity index (χ1) is 19.0. The van der Waals surface area contributed by atoms with Crippen molar-refractivity contribution in [3.63, 3.8) is 0 Å². The minimum Gasteiger partial charge on any atom is -0.507 e. The molecule has 1 heterocycles. The van der Waals surface area contributed by atoms with E-state index in [1.54, 1.807) is 45.0 Å². The Hall–Kier alpha value is -4.39. The highest BCUT2D eigenvalue weighted by Gasteiger charge is 2.56. The highest BCUT2D eigenvalue weighted by atomic mass is 16.3. The number of ketones is 3. The van der Waals surface area contributed by atoms with Crippen LogP contribution in [0.2, 0.25) is 0 Å². The first kappa shape index (κ1) is 25.9. The number of phenolic OH excluding ortho intramolecular Hbond substituents is 1. The van der Waals surface area contributed by atoms with E-state index in [2.05, 4.69) is 0 Å². The van der Waals surface area contributed by atoms with E-state index in [-0.39, 0.29) is 41.3 Å². The molecule has 3 aliphatic carbocycles. The molecule has 7 nitrogen and oxygen atoms in total. The van der Waals surface area contributed by atoms with Crippen molar-refractivity contribution in [3.8, 4) is 5.75 Å². The summed E-state index contributed by atoms with van der Waals surface area (Å²) in [5.74, 6) is -3.23. The second kappa shape index (κ2) is 9.08. The number of carbonyl (C=O) groups excluding carboxylic acids is 5. The van der Waals surface area contributed by atoms with Gasteiger partial charge in [-0.15, -0.1) is 0 Å². The number of hydrogen-bond donors (Lipinski definition) is 1. The largest absolute Gasteiger partial charge is 0.507 e. The van der Waals surface area contributed by atoms with Crippen molar-refractivity contribution < 1.29 is 29.1 Å². The van der Waals surface area contributed by atoms with Gasteiger partial charge < -0.3 is 5.11 Å². The molecule has 1 N–H and O–H groups in total. The number of rotatable bonds is 3. The number of benzene rings is 2. The first-order valence-electron chi connectivity index (χ1n) is 13.5. The molecule has 4 atom stereocenters. The van der Waals surface area contributed by atoms with E-state index in [1.807, 2.05) is 18.2 Å². The monoisotopic (exact) mass is 535 g/mol. The summed E-state index contributed by atoms with van der Waals surface area (Å²) < 4.78 is 0. The van der Waals surface area contributed by atoms with Crippen molar-refractivity contribution in [3.05, 3.63) is 93.1 Å². The molecule has 1 aliphatic heterocycles. The minimum atomic E-state index is -0.676. The highest BCUT2D eigenvalue weighted by Crippen LogP contribution is 2.55. The molecule has 2 aromatic rings. The van der Waals surface area contributed by atoms with Crippen LogP contribution in [0, 0.1) is 31.6 Å². The lowest BCUT2D eigenvalue weighted by Gasteiger charge is -2.42. The van der Waals surface area contributed by atoms with Crippen LogP contribution < -0.4 is 4.90 Å². The predicted octanol–water partition coefficient (Wildman–Crippen LogP) is 4.85. The standard InChI is InChI=1S/C33H29NO6/c1-15-11-20(12-16(2)30(15)37)27-22-9-10-23-28(24(22)14-25-29(27)26(36)13-17(3)31(25)38)33(40)34(32(23)39)21-7-5-19(6-8-21)18(4)35/h5-9,11-13,23-24,27-28,37H,10,14H2,1-4H3. The number of aromatic hydroxyl groups is 1. The average Bonchev–Trinajstić information content (AvgIpc) is 3.18. The zero-order valence-electron chi connectivity index (χ0n) is 22.8. The summed E-state index contributed by atoms with van der Waals surface area (Å²) >= 11 is 0. The number of aryl methyl sites for hydroxylation is 2. The Bertz CT molecular complexity index is 1630. The lowest BCUT2D eigenvalue weighted by molar-refractivity contribution is -0.123. The van der Waals surface area contributed by atoms with Gasteiger partial charge in [-0.25, -0.2) is 0 Å². The van der Waals surface area contributed by atoms with Gasteiger partial charge in [0.1, 0.15) is 5.75 Å². The fourth-order valence-electron chi connectivity index (χ4n) is 7.02. The Morgan fingerprint density at radius 3 is 2.20 bits per heavy atom. The molecular weight excluding hydrogens is 506 g/mol. The Morgan fingerprint density at radius 2 is 1.57 bits per heavy atom. The fourth-order valence-corrected chi connectivity index (χ4v) is 7.02. The van der Waals surface area contributed by atoms with Gasteiger partial charge in [-0.3, -0.25) is 28.9 Å². The molecule has 0 radical (unpaired) electrons. The number of imide groups is 1. The maximum atomic E-state index is 14.0. The van der Waals surface area contributed by atoms with Gasteiger partial charge in [0, 0.05) is 28.2 Å². The van der Waals surface area contributed by atoms with Gasteiger partial charge in [-0.2, -0.15) is 0 Å². The molecule has 6 rings (SSSR count). The lowest BCUT2D eigenvalue weighted by atomic mass is 9.59. The molecule has 0 saturated carbocycles. The molecule has 2 aromatic carbocycles. The van der Waals surface area contributed by atoms with Gasteiger partial charge in [-0.05, 0) is 93.5 Å². The molecule has 202 valence electrons. The summed E-state index contributed by atoms with van der Waals surface area (Å²) in [7, 11) is 0. The van der Waals surface area contributed by atoms with Crippen molar-refractivity contribution in [1.29, 1.82) is 0 Å². The topological polar surface area (TPSA) is 109 Å². The van der Waals surface area contributed by atoms with E-state index in [9.17, 15) is 29.1 Å². The molecule has 7 heteroatoms. The number of anilines is 1. The number of carbonyl (C=O) groups is 5. The van der Waals surface area contributed by atoms with Gasteiger partial charge in [-0.1, -0.05) is 23.8 Å². The van der Waals surface area contributed by atoms with Crippen molar-refractivity contribution in [1.82, 2.24) is 0 Å². The summed E-state index contributed by atoms with van der Waals surface area (Å²) in [6.07, 6.45) is 3.92. The lowest BCUT2D eigenvalue weighted by Crippen LogP contribution is -2.39. The molecule has 2 amide bonds. The molecule has 40 heavy (non-hydrogen) atoms. The van der Waals surface area contributed by atoms with E-state index in [0.717, 1.165) is 11.1 Å². The Morgan fingerprint density at radius 1 is 0.925 bits per heavy atom. The summed E-state index contributed by atoms with van der Waals surface area (Å²) in [5, 5.41) is 10.4. The smallest absolute Gasteiger partial charge is 0.238 e. The van der Waals surface area contributed by atoms with Crippen LogP contribution >= 0.6 is 0 Å². The number of allylic oxidation sites excluding steroid dienone is 6. The van der Waals surface area contributed by atoms with Crippen molar-refractivity contribution in [2.45, 2.75) is 46.5 Å². The molecule has 4 aliphatic rings. The Labute approximate surface area is 231 Å². The molecule has 4 unspecified atom stereocenters. The van der Waals surface area contributed by atoms with E-state index >= 15 is 0 Å². The van der Waals surface area contributed by atoms with Gasteiger partial charge in [0.25, 0.3) is 0 Å². The summed E-state index contributed by atoms with van der Waals surface area (Å²) in [6.45, 7) is 6.66. The Kier molecular flexibility index (Phi) is 5.87. The number of phenols is 1. The number of fused-ring (bicyclic) bond motifs is 3. The zero-order chi connectivity index (χ0) is 28.6. The van der Waals surface area contributed by atoms with Crippen LogP contribution in [0.4, 0.5) is 5.69 Å². The van der Waals surface area contributed by atoms with Crippen LogP contribution in [-0.4, -0.2) is 34.3 Å². The van der Waals surface area contributed by atoms with E-state index in [1.165, 1.54) is 17.9 Å². The van der Waals surface area contributed by atoms with E-state index in [0.29, 0.717) is 45.5 Å². The highest BCUT2D eigenvalue weighted by molar-refractivity contribution is 6.25. The SMILES string of the molecule is CC(=O)c1ccc(N2C(=O)C3CC=C4C(c5cc(C)c(O)c(C)c5)C5=C(CC4C3C2=O)C(=O)C(C)=CC5=O)cc1. The van der Waals surface area contributed by atoms with E-state index in [4.69, 9.17) is 0 Å². The van der Waals surface area contributed by atoms with Crippen LogP contribution in [-0.2, 0) is 19.2 Å². The van der Waals surface area contributed by atoms with Crippen molar-refractivity contribution >= 4 is 34.9 Å². The molecule has 0 aromatic heterocycles. The summed E-state index contributed by atoms with van der Waals surface area (Å²) in [6, 6.07) is 10.1. The van der Waals surface area contributed by atoms with Gasteiger partial charge in [0.05, 0.1) is 17.5 Å². The third-order valence-electron chi connectivity index (χ3n) is 8.94. The van der Waals surface area contributed by atoms with Crippen LogP contribution in [0.25, 0.3) is 0 Å². The van der Waals surface area contributed by atoms with E-state index < -0.39 is 23.7 Å². The van der Waals surface area contributed by atoms with Crippen molar-refractivity contribution in [2.75, 3.05) is 4.90 Å². The first-order valence-corrected chi connectivity index (χ1v) is 13.5. The minimum absolute atomic E-state index is 0.110. The normalized spacial score (nSPS) is 25.9. The maximum Gasteiger partial charge on any atom is 0.238 e. The van der Waals surface area contributed by atoms with Crippen LogP contribution in [0.5, 0.6) is 5.75 Å². The van der Waals surface area contributed by atoms with Crippen LogP contribution in [0.1, 0.15) is 59.7 Å². The summed E-state index contributed by atoms with van der Waals surface area (Å²) in [5.41, 5.74) is 5.05. The number of Topliss-reactive ketones (excluding diaryl/α,β-unsaturated/α-hetero) is 2. The van der Waals surface area contributed by atoms with Gasteiger partial charge >= 0.3 is 0 Å². The molecular formula is C33H29NO6. The average molecular weight is 536 g/mol. The molecule has 0 spiro atoms. The number of amides is 2. The fraction of sp³-hybridized carbons (Fsp3) is 0.303. The Balaban J connectivity index is 1.47. The third-order valence-corrected chi connectivity index (χ3v) is 8.94. The number of nitrogens with zero attached hydrogens (tertiary/aromatic N) is 1. The van der Waals surface area contributed by atoms with Gasteiger partial charge in [0.2, 0.25) is 11.8 Å². The quantitative estimate of drug-likeness (QED) is 0.261. The van der Waals surface area contributed by atoms with Crippen LogP contribution in [0.3, 0.4) is 0 Å². The molecule has 1 fully saturated rings. The second-order valence-electron chi connectivity index (χ2n) is 11.3. The number of hydrogen-bond acceptors (Lipinski definition) is 6. The second-order valence-corrected chi connectivity index (χ2v) is 11.3. The molecule has 1 saturated heterocycles. The van der Waals surface area contributed by atoms with Gasteiger partial charge in [0.15, 0.2) is 17.3 Å². The van der Waals surface area contributed by atoms with Crippen LogP contribution in [0.15, 0.2) is 70.8 Å². The zero-order valence-corrected chi connectivity index (χ0v) is 22.8. The van der Waals surface area contributed by atoms with Crippen molar-refractivity contribution in [2.24, 2.45) is 17.8 Å². The molecule has 0 bridgehead atoms. The third kappa shape index (κ3) is 3.68.